The van der Waals surface area contributed by atoms with Crippen LogP contribution >= 0.6 is 0 Å². The molecule has 2 nitrogen and oxygen atoms in total. The zero-order valence-electron chi connectivity index (χ0n) is 8.76. The Balaban J connectivity index is 2.14. The summed E-state index contributed by atoms with van der Waals surface area (Å²) in [7, 11) is 0. The molecule has 0 saturated carbocycles. The summed E-state index contributed by atoms with van der Waals surface area (Å²) in [4.78, 5) is 0. The number of halogens is 3. The van der Waals surface area contributed by atoms with Crippen molar-refractivity contribution in [1.82, 2.24) is 0 Å². The van der Waals surface area contributed by atoms with E-state index in [0.29, 0.717) is 18.7 Å². The van der Waals surface area contributed by atoms with Crippen LogP contribution in [0.25, 0.3) is 0 Å². The van der Waals surface area contributed by atoms with Gasteiger partial charge < -0.3 is 10.5 Å². The van der Waals surface area contributed by atoms with Gasteiger partial charge >= 0.3 is 6.18 Å². The zero-order valence-corrected chi connectivity index (χ0v) is 8.76. The minimum atomic E-state index is -4.14. The number of anilines is 1. The van der Waals surface area contributed by atoms with Gasteiger partial charge in [0.05, 0.1) is 19.6 Å². The van der Waals surface area contributed by atoms with Crippen LogP contribution in [-0.4, -0.2) is 19.4 Å². The number of rotatable bonds is 5. The van der Waals surface area contributed by atoms with Crippen LogP contribution in [-0.2, 0) is 11.2 Å². The highest BCUT2D eigenvalue weighted by molar-refractivity contribution is 5.39. The van der Waals surface area contributed by atoms with E-state index in [1.54, 1.807) is 12.1 Å². The molecule has 0 aliphatic carbocycles. The first kappa shape index (κ1) is 12.8. The lowest BCUT2D eigenvalue weighted by Gasteiger charge is -2.07. The van der Waals surface area contributed by atoms with Gasteiger partial charge in [0.25, 0.3) is 0 Å². The fourth-order valence-electron chi connectivity index (χ4n) is 1.16. The normalized spacial score (nSPS) is 11.7. The molecule has 0 saturated heterocycles. The van der Waals surface area contributed by atoms with Crippen LogP contribution in [0.5, 0.6) is 0 Å². The van der Waals surface area contributed by atoms with E-state index in [2.05, 4.69) is 0 Å². The molecule has 1 aromatic carbocycles. The molecular formula is C11H14F3NO. The maximum absolute atomic E-state index is 11.8. The SMILES string of the molecule is Nc1ccc(CCOCCC(F)(F)F)cc1. The third kappa shape index (κ3) is 5.60. The van der Waals surface area contributed by atoms with Gasteiger partial charge in [0.2, 0.25) is 0 Å². The molecule has 1 rings (SSSR count). The predicted octanol–water partition coefficient (Wildman–Crippen LogP) is 2.78. The molecule has 0 fully saturated rings. The molecule has 0 spiro atoms. The van der Waals surface area contributed by atoms with E-state index in [4.69, 9.17) is 10.5 Å². The lowest BCUT2D eigenvalue weighted by Crippen LogP contribution is -2.12. The standard InChI is InChI=1S/C11H14F3NO/c12-11(13,14)6-8-16-7-5-9-1-3-10(15)4-2-9/h1-4H,5-8,15H2. The van der Waals surface area contributed by atoms with Crippen LogP contribution in [0, 0.1) is 0 Å². The van der Waals surface area contributed by atoms with Crippen molar-refractivity contribution < 1.29 is 17.9 Å². The zero-order chi connectivity index (χ0) is 12.0. The quantitative estimate of drug-likeness (QED) is 0.627. The van der Waals surface area contributed by atoms with Crippen molar-refractivity contribution >= 4 is 5.69 Å². The van der Waals surface area contributed by atoms with E-state index in [9.17, 15) is 13.2 Å². The second-order valence-electron chi connectivity index (χ2n) is 3.47. The molecule has 16 heavy (non-hydrogen) atoms. The van der Waals surface area contributed by atoms with Crippen LogP contribution in [0.4, 0.5) is 18.9 Å². The molecule has 90 valence electrons. The van der Waals surface area contributed by atoms with Gasteiger partial charge in [-0.05, 0) is 24.1 Å². The molecule has 0 aromatic heterocycles. The van der Waals surface area contributed by atoms with Gasteiger partial charge in [-0.15, -0.1) is 0 Å². The number of benzene rings is 1. The van der Waals surface area contributed by atoms with Crippen LogP contribution in [0.3, 0.4) is 0 Å². The van der Waals surface area contributed by atoms with E-state index in [0.717, 1.165) is 5.56 Å². The van der Waals surface area contributed by atoms with E-state index in [-0.39, 0.29) is 6.61 Å². The third-order valence-electron chi connectivity index (χ3n) is 2.04. The maximum Gasteiger partial charge on any atom is 0.391 e. The summed E-state index contributed by atoms with van der Waals surface area (Å²) in [6.07, 6.45) is -4.44. The van der Waals surface area contributed by atoms with Gasteiger partial charge in [0.1, 0.15) is 0 Å². The monoisotopic (exact) mass is 233 g/mol. The van der Waals surface area contributed by atoms with E-state index in [1.165, 1.54) is 0 Å². The molecule has 0 unspecified atom stereocenters. The lowest BCUT2D eigenvalue weighted by molar-refractivity contribution is -0.145. The summed E-state index contributed by atoms with van der Waals surface area (Å²) in [6.45, 7) is 0.0124. The van der Waals surface area contributed by atoms with E-state index in [1.807, 2.05) is 12.1 Å². The van der Waals surface area contributed by atoms with Gasteiger partial charge in [-0.25, -0.2) is 0 Å². The van der Waals surface area contributed by atoms with Crippen LogP contribution in [0.1, 0.15) is 12.0 Å². The van der Waals surface area contributed by atoms with Crippen molar-refractivity contribution in [1.29, 1.82) is 0 Å². The minimum absolute atomic E-state index is 0.279. The number of ether oxygens (including phenoxy) is 1. The molecule has 0 aliphatic rings. The number of alkyl halides is 3. The first-order chi connectivity index (χ1) is 7.47. The van der Waals surface area contributed by atoms with E-state index >= 15 is 0 Å². The predicted molar refractivity (Wildman–Crippen MR) is 56.0 cm³/mol. The Hall–Kier alpha value is -1.23. The smallest absolute Gasteiger partial charge is 0.391 e. The summed E-state index contributed by atoms with van der Waals surface area (Å²) >= 11 is 0. The number of nitrogens with two attached hydrogens (primary N) is 1. The maximum atomic E-state index is 11.8. The largest absolute Gasteiger partial charge is 0.399 e. The molecule has 0 aliphatic heterocycles. The molecule has 2 N–H and O–H groups in total. The molecule has 1 aromatic rings. The van der Waals surface area contributed by atoms with Gasteiger partial charge in [0, 0.05) is 5.69 Å². The molecule has 0 amide bonds. The average Bonchev–Trinajstić information content (AvgIpc) is 2.19. The van der Waals surface area contributed by atoms with E-state index < -0.39 is 12.6 Å². The van der Waals surface area contributed by atoms with Gasteiger partial charge in [-0.2, -0.15) is 13.2 Å². The van der Waals surface area contributed by atoms with Crippen molar-refractivity contribution in [2.45, 2.75) is 19.0 Å². The molecule has 0 radical (unpaired) electrons. The summed E-state index contributed by atoms with van der Waals surface area (Å²) in [5.41, 5.74) is 7.16. The topological polar surface area (TPSA) is 35.2 Å². The van der Waals surface area contributed by atoms with Crippen molar-refractivity contribution in [3.8, 4) is 0 Å². The Kier molecular flexibility index (Phi) is 4.61. The number of hydrogen-bond acceptors (Lipinski definition) is 2. The molecule has 5 heteroatoms. The Morgan fingerprint density at radius 2 is 1.69 bits per heavy atom. The Morgan fingerprint density at radius 3 is 2.25 bits per heavy atom. The lowest BCUT2D eigenvalue weighted by atomic mass is 10.1. The Morgan fingerprint density at radius 1 is 1.06 bits per heavy atom. The number of hydrogen-bond donors (Lipinski definition) is 1. The summed E-state index contributed by atoms with van der Waals surface area (Å²) in [5.74, 6) is 0. The fourth-order valence-corrected chi connectivity index (χ4v) is 1.16. The van der Waals surface area contributed by atoms with Crippen molar-refractivity contribution in [3.05, 3.63) is 29.8 Å². The van der Waals surface area contributed by atoms with Crippen molar-refractivity contribution in [3.63, 3.8) is 0 Å². The first-order valence-electron chi connectivity index (χ1n) is 4.96. The summed E-state index contributed by atoms with van der Waals surface area (Å²) in [5, 5.41) is 0. The second-order valence-corrected chi connectivity index (χ2v) is 3.47. The summed E-state index contributed by atoms with van der Waals surface area (Å²) < 4.78 is 40.2. The molecule has 0 atom stereocenters. The first-order valence-corrected chi connectivity index (χ1v) is 4.96. The molecule has 0 heterocycles. The minimum Gasteiger partial charge on any atom is -0.399 e. The van der Waals surface area contributed by atoms with Crippen LogP contribution < -0.4 is 5.73 Å². The molecular weight excluding hydrogens is 219 g/mol. The van der Waals surface area contributed by atoms with Gasteiger partial charge in [0.15, 0.2) is 0 Å². The van der Waals surface area contributed by atoms with Gasteiger partial charge in [-0.3, -0.25) is 0 Å². The van der Waals surface area contributed by atoms with Crippen LogP contribution in [0.15, 0.2) is 24.3 Å². The Labute approximate surface area is 92.2 Å². The van der Waals surface area contributed by atoms with Crippen molar-refractivity contribution in [2.75, 3.05) is 18.9 Å². The van der Waals surface area contributed by atoms with Crippen LogP contribution in [0.2, 0.25) is 0 Å². The Bertz CT molecular complexity index is 308. The molecule has 0 bridgehead atoms. The average molecular weight is 233 g/mol. The third-order valence-corrected chi connectivity index (χ3v) is 2.04. The van der Waals surface area contributed by atoms with Gasteiger partial charge in [-0.1, -0.05) is 12.1 Å². The highest BCUT2D eigenvalue weighted by Crippen LogP contribution is 2.19. The van der Waals surface area contributed by atoms with Crippen molar-refractivity contribution in [2.24, 2.45) is 0 Å². The summed E-state index contributed by atoms with van der Waals surface area (Å²) in [6, 6.07) is 7.18. The highest BCUT2D eigenvalue weighted by atomic mass is 19.4. The second kappa shape index (κ2) is 5.75. The fraction of sp³-hybridized carbons (Fsp3) is 0.455. The highest BCUT2D eigenvalue weighted by Gasteiger charge is 2.26. The number of nitrogen functional groups attached to an aromatic ring is 1.